The second-order valence-corrected chi connectivity index (χ2v) is 15.5. The third kappa shape index (κ3) is 6.71. The highest BCUT2D eigenvalue weighted by Crippen LogP contribution is 2.51. The Bertz CT molecular complexity index is 3520. The molecule has 0 fully saturated rings. The Morgan fingerprint density at radius 3 is 1.12 bits per heavy atom. The predicted octanol–water partition coefficient (Wildman–Crippen LogP) is 14.9. The highest BCUT2D eigenvalue weighted by molar-refractivity contribution is 6.28. The molecule has 0 aliphatic rings. The van der Waals surface area contributed by atoms with Gasteiger partial charge in [0.1, 0.15) is 11.6 Å². The standard InChI is InChI=1S/C56H28F4N6/c57-39-25-47(43-7-3-1-5-37(43)31-63)55(49(59)27-39)65(41-17-9-33(29-61)10-18-41)51-23-15-35-14-22-46-52(24-16-36-13-21-45(51)53(35)54(36)46)66(42-19-11-34(30-62)12-20-42)56-48(26-40(58)28-50(56)60)44-8-4-2-6-38(44)32-64/h1-28H. The molecule has 0 saturated carbocycles. The van der Waals surface area contributed by atoms with Crippen molar-refractivity contribution in [3.63, 3.8) is 0 Å². The molecule has 0 radical (unpaired) electrons. The number of nitriles is 4. The smallest absolute Gasteiger partial charge is 0.150 e. The van der Waals surface area contributed by atoms with Gasteiger partial charge in [0.15, 0.2) is 11.6 Å². The SMILES string of the molecule is N#Cc1ccc(N(c2c(F)cc(F)cc2-c2ccccc2C#N)c2ccc3ccc4c(N(c5ccc(C#N)cc5)c5c(F)cc(F)cc5-c5ccccc5C#N)ccc5ccc2c3c54)cc1. The summed E-state index contributed by atoms with van der Waals surface area (Å²) in [7, 11) is 0. The average molecular weight is 861 g/mol. The van der Waals surface area contributed by atoms with Gasteiger partial charge in [-0.2, -0.15) is 21.0 Å². The van der Waals surface area contributed by atoms with Gasteiger partial charge in [-0.25, -0.2) is 17.6 Å². The fourth-order valence-electron chi connectivity index (χ4n) is 8.94. The number of hydrogen-bond acceptors (Lipinski definition) is 6. The normalized spacial score (nSPS) is 11.0. The second-order valence-electron chi connectivity index (χ2n) is 15.5. The van der Waals surface area contributed by atoms with Crippen molar-refractivity contribution in [2.24, 2.45) is 0 Å². The number of anilines is 6. The lowest BCUT2D eigenvalue weighted by Gasteiger charge is -2.31. The third-order valence-corrected chi connectivity index (χ3v) is 11.8. The molecular formula is C56H28F4N6. The predicted molar refractivity (Wildman–Crippen MR) is 249 cm³/mol. The number of rotatable bonds is 8. The van der Waals surface area contributed by atoms with Crippen LogP contribution in [-0.4, -0.2) is 0 Å². The Hall–Kier alpha value is -9.48. The lowest BCUT2D eigenvalue weighted by atomic mass is 9.91. The van der Waals surface area contributed by atoms with Crippen molar-refractivity contribution in [1.82, 2.24) is 0 Å². The Kier molecular flexibility index (Phi) is 10.0. The zero-order valence-corrected chi connectivity index (χ0v) is 34.4. The van der Waals surface area contributed by atoms with Gasteiger partial charge in [-0.3, -0.25) is 0 Å². The summed E-state index contributed by atoms with van der Waals surface area (Å²) in [6.07, 6.45) is 0. The maximum absolute atomic E-state index is 16.9. The quantitative estimate of drug-likeness (QED) is 0.111. The van der Waals surface area contributed by atoms with E-state index in [4.69, 9.17) is 0 Å². The van der Waals surface area contributed by atoms with Gasteiger partial charge in [-0.1, -0.05) is 72.8 Å². The molecule has 10 rings (SSSR count). The minimum absolute atomic E-state index is 0.0384. The lowest BCUT2D eigenvalue weighted by Crippen LogP contribution is -2.15. The molecule has 6 nitrogen and oxygen atoms in total. The van der Waals surface area contributed by atoms with Crippen molar-refractivity contribution in [1.29, 1.82) is 21.0 Å². The fraction of sp³-hybridized carbons (Fsp3) is 0. The van der Waals surface area contributed by atoms with Gasteiger partial charge < -0.3 is 9.80 Å². The Balaban J connectivity index is 1.28. The number of halogens is 4. The van der Waals surface area contributed by atoms with Crippen molar-refractivity contribution in [3.8, 4) is 46.5 Å². The molecule has 0 aliphatic carbocycles. The summed E-state index contributed by atoms with van der Waals surface area (Å²) in [5.41, 5.74) is 3.76. The molecule has 0 spiro atoms. The van der Waals surface area contributed by atoms with Crippen LogP contribution in [0.1, 0.15) is 22.3 Å². The Labute approximate surface area is 375 Å². The molecule has 0 heterocycles. The molecule has 0 amide bonds. The van der Waals surface area contributed by atoms with Crippen molar-refractivity contribution in [2.45, 2.75) is 0 Å². The molecule has 0 bridgehead atoms. The molecule has 0 aliphatic heterocycles. The summed E-state index contributed by atoms with van der Waals surface area (Å²) in [6, 6.07) is 53.9. The van der Waals surface area contributed by atoms with Gasteiger partial charge >= 0.3 is 0 Å². The molecule has 0 N–H and O–H groups in total. The first-order chi connectivity index (χ1) is 32.2. The van der Waals surface area contributed by atoms with Crippen LogP contribution in [0.2, 0.25) is 0 Å². The molecule has 10 aromatic carbocycles. The van der Waals surface area contributed by atoms with Gasteiger partial charge in [-0.15, -0.1) is 0 Å². The van der Waals surface area contributed by atoms with Crippen molar-refractivity contribution >= 4 is 66.4 Å². The molecule has 66 heavy (non-hydrogen) atoms. The highest BCUT2D eigenvalue weighted by Gasteiger charge is 2.29. The first-order valence-electron chi connectivity index (χ1n) is 20.5. The fourth-order valence-corrected chi connectivity index (χ4v) is 8.94. The molecule has 0 atom stereocenters. The van der Waals surface area contributed by atoms with Gasteiger partial charge in [0.25, 0.3) is 0 Å². The summed E-state index contributed by atoms with van der Waals surface area (Å²) < 4.78 is 64.4. The Morgan fingerprint density at radius 1 is 0.364 bits per heavy atom. The van der Waals surface area contributed by atoms with E-state index in [0.29, 0.717) is 55.8 Å². The molecule has 310 valence electrons. The van der Waals surface area contributed by atoms with Crippen LogP contribution >= 0.6 is 0 Å². The molecule has 0 saturated heterocycles. The molecule has 0 unspecified atom stereocenters. The summed E-state index contributed by atoms with van der Waals surface area (Å²) in [5.74, 6) is -3.48. The lowest BCUT2D eigenvalue weighted by molar-refractivity contribution is 0.584. The number of nitrogens with zero attached hydrogens (tertiary/aromatic N) is 6. The number of benzene rings is 10. The van der Waals surface area contributed by atoms with Crippen LogP contribution in [0.15, 0.2) is 170 Å². The van der Waals surface area contributed by atoms with Crippen molar-refractivity contribution in [2.75, 3.05) is 9.80 Å². The summed E-state index contributed by atoms with van der Waals surface area (Å²) in [6.45, 7) is 0. The highest BCUT2D eigenvalue weighted by atomic mass is 19.1. The van der Waals surface area contributed by atoms with E-state index in [2.05, 4.69) is 24.3 Å². The maximum atomic E-state index is 16.9. The van der Waals surface area contributed by atoms with Crippen LogP contribution in [0.5, 0.6) is 0 Å². The summed E-state index contributed by atoms with van der Waals surface area (Å²) in [5, 5.41) is 44.1. The van der Waals surface area contributed by atoms with Gasteiger partial charge in [-0.05, 0) is 106 Å². The van der Waals surface area contributed by atoms with Gasteiger partial charge in [0.2, 0.25) is 0 Å². The van der Waals surface area contributed by atoms with E-state index in [9.17, 15) is 21.0 Å². The van der Waals surface area contributed by atoms with Crippen LogP contribution in [-0.2, 0) is 0 Å². The van der Waals surface area contributed by atoms with E-state index < -0.39 is 23.3 Å². The zero-order valence-electron chi connectivity index (χ0n) is 34.4. The van der Waals surface area contributed by atoms with Crippen LogP contribution in [0, 0.1) is 68.6 Å². The molecular weight excluding hydrogens is 833 g/mol. The molecule has 0 aromatic heterocycles. The third-order valence-electron chi connectivity index (χ3n) is 11.8. The number of hydrogen-bond donors (Lipinski definition) is 0. The first kappa shape index (κ1) is 40.6. The van der Waals surface area contributed by atoms with Crippen LogP contribution < -0.4 is 9.80 Å². The first-order valence-corrected chi connectivity index (χ1v) is 20.5. The summed E-state index contributed by atoms with van der Waals surface area (Å²) >= 11 is 0. The van der Waals surface area contributed by atoms with E-state index in [1.165, 1.54) is 12.1 Å². The zero-order chi connectivity index (χ0) is 45.6. The monoisotopic (exact) mass is 860 g/mol. The van der Waals surface area contributed by atoms with E-state index in [1.807, 2.05) is 48.5 Å². The average Bonchev–Trinajstić information content (AvgIpc) is 3.35. The van der Waals surface area contributed by atoms with Crippen LogP contribution in [0.3, 0.4) is 0 Å². The minimum Gasteiger partial charge on any atom is -0.307 e. The van der Waals surface area contributed by atoms with E-state index >= 15 is 17.6 Å². The molecule has 10 aromatic rings. The van der Waals surface area contributed by atoms with E-state index in [0.717, 1.165) is 33.7 Å². The van der Waals surface area contributed by atoms with Crippen molar-refractivity contribution < 1.29 is 17.6 Å². The van der Waals surface area contributed by atoms with E-state index in [1.54, 1.807) is 107 Å². The Morgan fingerprint density at radius 2 is 0.742 bits per heavy atom. The molecule has 10 heteroatoms. The van der Waals surface area contributed by atoms with E-state index in [-0.39, 0.29) is 33.6 Å². The summed E-state index contributed by atoms with van der Waals surface area (Å²) in [4.78, 5) is 3.31. The topological polar surface area (TPSA) is 102 Å². The minimum atomic E-state index is -0.900. The maximum Gasteiger partial charge on any atom is 0.150 e. The van der Waals surface area contributed by atoms with Gasteiger partial charge in [0.05, 0.1) is 69.3 Å². The van der Waals surface area contributed by atoms with Gasteiger partial charge in [0, 0.05) is 56.5 Å². The van der Waals surface area contributed by atoms with Crippen LogP contribution in [0.4, 0.5) is 51.7 Å². The second kappa shape index (κ2) is 16.3. The largest absolute Gasteiger partial charge is 0.307 e. The van der Waals surface area contributed by atoms with Crippen LogP contribution in [0.25, 0.3) is 54.6 Å². The van der Waals surface area contributed by atoms with Crippen molar-refractivity contribution in [3.05, 3.63) is 215 Å².